The highest BCUT2D eigenvalue weighted by Gasteiger charge is 2.29. The van der Waals surface area contributed by atoms with E-state index >= 15 is 0 Å². The average molecular weight is 408 g/mol. The monoisotopic (exact) mass is 407 g/mol. The van der Waals surface area contributed by atoms with Crippen LogP contribution in [0.4, 0.5) is 5.69 Å². The van der Waals surface area contributed by atoms with E-state index in [4.69, 9.17) is 0 Å². The summed E-state index contributed by atoms with van der Waals surface area (Å²) in [6, 6.07) is 5.14. The highest BCUT2D eigenvalue weighted by atomic mass is 32.2. The van der Waals surface area contributed by atoms with E-state index in [-0.39, 0.29) is 16.8 Å². The summed E-state index contributed by atoms with van der Waals surface area (Å²) in [4.78, 5) is 15.4. The maximum Gasteiger partial charge on any atom is 0.253 e. The van der Waals surface area contributed by atoms with Gasteiger partial charge in [-0.3, -0.25) is 4.79 Å². The number of benzene rings is 1. The Hall–Kier alpha value is -1.60. The number of carbonyl (C=O) groups is 1. The topological polar surface area (TPSA) is 69.7 Å². The third-order valence-corrected chi connectivity index (χ3v) is 7.61. The van der Waals surface area contributed by atoms with Crippen molar-refractivity contribution in [2.75, 3.05) is 31.1 Å². The number of anilines is 1. The number of nitrogens with one attached hydrogen (secondary N) is 1. The highest BCUT2D eigenvalue weighted by molar-refractivity contribution is 7.89. The van der Waals surface area contributed by atoms with Crippen LogP contribution in [-0.4, -0.2) is 50.9 Å². The molecule has 7 heteroatoms. The third-order valence-electron chi connectivity index (χ3n) is 5.71. The Morgan fingerprint density at radius 3 is 2.36 bits per heavy atom. The molecule has 1 atom stereocenters. The van der Waals surface area contributed by atoms with Gasteiger partial charge >= 0.3 is 0 Å². The van der Waals surface area contributed by atoms with Crippen LogP contribution >= 0.6 is 0 Å². The summed E-state index contributed by atoms with van der Waals surface area (Å²) in [5, 5.41) is 3.05. The van der Waals surface area contributed by atoms with Gasteiger partial charge < -0.3 is 10.2 Å². The van der Waals surface area contributed by atoms with Gasteiger partial charge in [0.05, 0.1) is 10.5 Å². The van der Waals surface area contributed by atoms with Gasteiger partial charge in [-0.1, -0.05) is 19.8 Å². The maximum atomic E-state index is 13.1. The Bertz CT molecular complexity index is 782. The predicted octanol–water partition coefficient (Wildman–Crippen LogP) is 3.38. The summed E-state index contributed by atoms with van der Waals surface area (Å²) < 4.78 is 27.8. The second kappa shape index (κ2) is 9.27. The summed E-state index contributed by atoms with van der Waals surface area (Å²) in [5.41, 5.74) is 1.32. The molecule has 1 amide bonds. The molecule has 2 saturated heterocycles. The molecule has 0 unspecified atom stereocenters. The first-order chi connectivity index (χ1) is 13.4. The molecule has 28 heavy (non-hydrogen) atoms. The van der Waals surface area contributed by atoms with Crippen LogP contribution in [0, 0.1) is 0 Å². The van der Waals surface area contributed by atoms with E-state index in [9.17, 15) is 13.2 Å². The van der Waals surface area contributed by atoms with Gasteiger partial charge in [-0.05, 0) is 57.2 Å². The number of sulfonamides is 1. The second-order valence-electron chi connectivity index (χ2n) is 8.00. The molecular weight excluding hydrogens is 374 g/mol. The van der Waals surface area contributed by atoms with Crippen molar-refractivity contribution < 1.29 is 13.2 Å². The van der Waals surface area contributed by atoms with E-state index < -0.39 is 10.0 Å². The van der Waals surface area contributed by atoms with E-state index in [0.29, 0.717) is 18.7 Å². The minimum absolute atomic E-state index is 0.0614. The maximum absolute atomic E-state index is 13.1. The molecule has 3 rings (SSSR count). The van der Waals surface area contributed by atoms with Crippen LogP contribution in [0.2, 0.25) is 0 Å². The van der Waals surface area contributed by atoms with Crippen LogP contribution in [0.1, 0.15) is 69.2 Å². The number of hydrogen-bond donors (Lipinski definition) is 1. The summed E-state index contributed by atoms with van der Waals surface area (Å²) in [7, 11) is -3.56. The van der Waals surface area contributed by atoms with Crippen LogP contribution in [0.15, 0.2) is 23.1 Å². The lowest BCUT2D eigenvalue weighted by Crippen LogP contribution is -2.36. The summed E-state index contributed by atoms with van der Waals surface area (Å²) in [6.07, 6.45) is 6.95. The molecule has 1 N–H and O–H groups in total. The van der Waals surface area contributed by atoms with Crippen LogP contribution in [-0.2, 0) is 10.0 Å². The van der Waals surface area contributed by atoms with Crippen molar-refractivity contribution in [3.05, 3.63) is 23.8 Å². The van der Waals surface area contributed by atoms with E-state index in [1.807, 2.05) is 13.0 Å². The summed E-state index contributed by atoms with van der Waals surface area (Å²) >= 11 is 0. The Balaban J connectivity index is 1.93. The van der Waals surface area contributed by atoms with Gasteiger partial charge in [0.15, 0.2) is 0 Å². The normalized spacial score (nSPS) is 19.6. The minimum atomic E-state index is -3.56. The fraction of sp³-hybridized carbons (Fsp3) is 0.667. The molecule has 2 aliphatic heterocycles. The Morgan fingerprint density at radius 2 is 1.71 bits per heavy atom. The van der Waals surface area contributed by atoms with Gasteiger partial charge in [-0.15, -0.1) is 0 Å². The lowest BCUT2D eigenvalue weighted by atomic mass is 10.1. The molecule has 0 radical (unpaired) electrons. The third kappa shape index (κ3) is 4.69. The Morgan fingerprint density at radius 1 is 1.07 bits per heavy atom. The molecular formula is C21H33N3O3S. The quantitative estimate of drug-likeness (QED) is 0.752. The smallest absolute Gasteiger partial charge is 0.253 e. The Labute approximate surface area is 169 Å². The molecule has 2 heterocycles. The number of nitrogens with zero attached hydrogens (tertiary/aromatic N) is 2. The fourth-order valence-corrected chi connectivity index (χ4v) is 5.70. The number of piperidine rings is 1. The number of hydrogen-bond acceptors (Lipinski definition) is 4. The van der Waals surface area contributed by atoms with E-state index in [0.717, 1.165) is 63.7 Å². The van der Waals surface area contributed by atoms with Crippen molar-refractivity contribution in [2.45, 2.75) is 69.7 Å². The van der Waals surface area contributed by atoms with Gasteiger partial charge in [0.25, 0.3) is 5.91 Å². The van der Waals surface area contributed by atoms with Crippen molar-refractivity contribution in [3.63, 3.8) is 0 Å². The first-order valence-corrected chi connectivity index (χ1v) is 12.1. The van der Waals surface area contributed by atoms with Crippen molar-refractivity contribution >= 4 is 21.6 Å². The number of rotatable bonds is 7. The molecule has 2 aliphatic rings. The van der Waals surface area contributed by atoms with Crippen LogP contribution < -0.4 is 10.2 Å². The summed E-state index contributed by atoms with van der Waals surface area (Å²) in [5.74, 6) is -0.182. The zero-order valence-corrected chi connectivity index (χ0v) is 17.9. The highest BCUT2D eigenvalue weighted by Crippen LogP contribution is 2.29. The van der Waals surface area contributed by atoms with Gasteiger partial charge in [0, 0.05) is 37.9 Å². The second-order valence-corrected chi connectivity index (χ2v) is 9.94. The van der Waals surface area contributed by atoms with Crippen molar-refractivity contribution in [3.8, 4) is 0 Å². The van der Waals surface area contributed by atoms with Crippen LogP contribution in [0.3, 0.4) is 0 Å². The minimum Gasteiger partial charge on any atom is -0.371 e. The van der Waals surface area contributed by atoms with Crippen LogP contribution in [0.25, 0.3) is 0 Å². The van der Waals surface area contributed by atoms with Crippen molar-refractivity contribution in [1.82, 2.24) is 9.62 Å². The molecule has 0 aromatic heterocycles. The number of carbonyl (C=O) groups excluding carboxylic acids is 1. The molecule has 2 fully saturated rings. The molecule has 0 spiro atoms. The lowest BCUT2D eigenvalue weighted by Gasteiger charge is -2.27. The lowest BCUT2D eigenvalue weighted by molar-refractivity contribution is 0.0938. The molecule has 0 bridgehead atoms. The first-order valence-electron chi connectivity index (χ1n) is 10.6. The molecule has 6 nitrogen and oxygen atoms in total. The van der Waals surface area contributed by atoms with Gasteiger partial charge in [-0.25, -0.2) is 8.42 Å². The summed E-state index contributed by atoms with van der Waals surface area (Å²) in [6.45, 7) is 7.01. The van der Waals surface area contributed by atoms with E-state index in [2.05, 4.69) is 17.1 Å². The zero-order chi connectivity index (χ0) is 20.1. The average Bonchev–Trinajstić information content (AvgIpc) is 3.23. The zero-order valence-electron chi connectivity index (χ0n) is 17.1. The molecule has 0 aliphatic carbocycles. The molecule has 0 saturated carbocycles. The Kier molecular flexibility index (Phi) is 6.99. The SMILES string of the molecule is CCC[C@@H](C)NC(=O)c1cc(S(=O)(=O)N2CCCCC2)ccc1N1CCCC1. The molecule has 1 aromatic rings. The van der Waals surface area contributed by atoms with Gasteiger partial charge in [0.2, 0.25) is 10.0 Å². The number of amides is 1. The van der Waals surface area contributed by atoms with Crippen molar-refractivity contribution in [2.24, 2.45) is 0 Å². The standard InChI is InChI=1S/C21H33N3O3S/c1-3-9-17(2)22-21(25)19-16-18(10-11-20(19)23-12-7-8-13-23)28(26,27)24-14-5-4-6-15-24/h10-11,16-17H,3-9,12-15H2,1-2H3,(H,22,25)/t17-/m1/s1. The van der Waals surface area contributed by atoms with Crippen molar-refractivity contribution in [1.29, 1.82) is 0 Å². The van der Waals surface area contributed by atoms with Gasteiger partial charge in [-0.2, -0.15) is 4.31 Å². The largest absolute Gasteiger partial charge is 0.371 e. The van der Waals surface area contributed by atoms with E-state index in [1.54, 1.807) is 16.4 Å². The first kappa shape index (κ1) is 21.1. The fourth-order valence-electron chi connectivity index (χ4n) is 4.15. The van der Waals surface area contributed by atoms with Gasteiger partial charge in [0.1, 0.15) is 0 Å². The molecule has 156 valence electrons. The van der Waals surface area contributed by atoms with E-state index in [1.165, 1.54) is 0 Å². The van der Waals surface area contributed by atoms with Crippen LogP contribution in [0.5, 0.6) is 0 Å². The molecule has 1 aromatic carbocycles. The predicted molar refractivity (Wildman–Crippen MR) is 112 cm³/mol.